The fourth-order valence-corrected chi connectivity index (χ4v) is 3.02. The Labute approximate surface area is 153 Å². The molecule has 0 saturated carbocycles. The Morgan fingerprint density at radius 1 is 1.08 bits per heavy atom. The summed E-state index contributed by atoms with van der Waals surface area (Å²) in [7, 11) is 0. The van der Waals surface area contributed by atoms with E-state index in [1.54, 1.807) is 13.8 Å². The number of carbonyl (C=O) groups excluding carboxylic acids is 2. The van der Waals surface area contributed by atoms with Crippen LogP contribution in [0.5, 0.6) is 0 Å². The number of esters is 1. The van der Waals surface area contributed by atoms with Crippen LogP contribution in [-0.2, 0) is 27.3 Å². The molecule has 5 heteroatoms. The van der Waals surface area contributed by atoms with E-state index in [1.807, 2.05) is 54.6 Å². The van der Waals surface area contributed by atoms with Gasteiger partial charge in [0.25, 0.3) is 0 Å². The molecule has 136 valence electrons. The van der Waals surface area contributed by atoms with E-state index in [2.05, 4.69) is 5.32 Å². The van der Waals surface area contributed by atoms with Gasteiger partial charge in [0.2, 0.25) is 0 Å². The van der Waals surface area contributed by atoms with Crippen LogP contribution in [0.2, 0.25) is 0 Å². The number of amides is 1. The van der Waals surface area contributed by atoms with Crippen molar-refractivity contribution in [2.45, 2.75) is 39.0 Å². The largest absolute Gasteiger partial charge is 0.459 e. The Bertz CT molecular complexity index is 773. The smallest absolute Gasteiger partial charge is 0.408 e. The summed E-state index contributed by atoms with van der Waals surface area (Å²) in [5.41, 5.74) is 2.95. The van der Waals surface area contributed by atoms with Crippen LogP contribution in [0.15, 0.2) is 54.6 Å². The van der Waals surface area contributed by atoms with Crippen molar-refractivity contribution in [3.8, 4) is 0 Å². The summed E-state index contributed by atoms with van der Waals surface area (Å²) in [5, 5.41) is 2.86. The van der Waals surface area contributed by atoms with Crippen LogP contribution in [-0.4, -0.2) is 18.2 Å². The summed E-state index contributed by atoms with van der Waals surface area (Å²) in [6.07, 6.45) is -0.370. The van der Waals surface area contributed by atoms with Crippen molar-refractivity contribution in [3.63, 3.8) is 0 Å². The molecule has 1 aliphatic rings. The Kier molecular flexibility index (Phi) is 5.56. The van der Waals surface area contributed by atoms with E-state index >= 15 is 0 Å². The number of benzene rings is 2. The number of alkyl carbamates (subject to hydrolysis) is 1. The molecule has 0 heterocycles. The van der Waals surface area contributed by atoms with Gasteiger partial charge in [-0.3, -0.25) is 4.79 Å². The molecule has 0 saturated heterocycles. The molecule has 0 radical (unpaired) electrons. The molecule has 1 aliphatic carbocycles. The lowest BCUT2D eigenvalue weighted by Crippen LogP contribution is -2.37. The minimum atomic E-state index is -0.527. The van der Waals surface area contributed by atoms with E-state index < -0.39 is 18.2 Å². The van der Waals surface area contributed by atoms with Crippen molar-refractivity contribution in [3.05, 3.63) is 71.3 Å². The van der Waals surface area contributed by atoms with Gasteiger partial charge in [0.1, 0.15) is 12.7 Å². The lowest BCUT2D eigenvalue weighted by molar-refractivity contribution is -0.153. The molecule has 2 aromatic carbocycles. The number of hydrogen-bond acceptors (Lipinski definition) is 4. The van der Waals surface area contributed by atoms with Gasteiger partial charge in [-0.15, -0.1) is 0 Å². The molecule has 5 nitrogen and oxygen atoms in total. The quantitative estimate of drug-likeness (QED) is 0.831. The first kappa shape index (κ1) is 18.0. The van der Waals surface area contributed by atoms with Gasteiger partial charge in [0.05, 0.1) is 12.0 Å². The van der Waals surface area contributed by atoms with Gasteiger partial charge in [-0.25, -0.2) is 4.79 Å². The standard InChI is InChI=1S/C21H23NO4/c1-14(2)20(23)26-18-12-16-10-6-7-11-17(16)19(18)22-21(24)25-13-15-8-4-3-5-9-15/h3-11,14,18-19H,12-13H2,1-2H3,(H,22,24)/t18-,19+/m0/s1. The second-order valence-electron chi connectivity index (χ2n) is 6.72. The van der Waals surface area contributed by atoms with Crippen molar-refractivity contribution >= 4 is 12.1 Å². The van der Waals surface area contributed by atoms with Crippen LogP contribution < -0.4 is 5.32 Å². The Balaban J connectivity index is 1.67. The predicted molar refractivity (Wildman–Crippen MR) is 97.4 cm³/mol. The van der Waals surface area contributed by atoms with Crippen molar-refractivity contribution in [2.24, 2.45) is 5.92 Å². The fourth-order valence-electron chi connectivity index (χ4n) is 3.02. The van der Waals surface area contributed by atoms with Gasteiger partial charge in [-0.1, -0.05) is 68.4 Å². The molecule has 0 aromatic heterocycles. The van der Waals surface area contributed by atoms with Gasteiger partial charge < -0.3 is 14.8 Å². The molecule has 0 aliphatic heterocycles. The Morgan fingerprint density at radius 3 is 2.50 bits per heavy atom. The van der Waals surface area contributed by atoms with Gasteiger partial charge in [0, 0.05) is 6.42 Å². The van der Waals surface area contributed by atoms with Crippen molar-refractivity contribution in [1.29, 1.82) is 0 Å². The summed E-state index contributed by atoms with van der Waals surface area (Å²) in [5.74, 6) is -0.489. The second kappa shape index (κ2) is 8.04. The zero-order valence-corrected chi connectivity index (χ0v) is 15.0. The highest BCUT2D eigenvalue weighted by Crippen LogP contribution is 2.33. The summed E-state index contributed by atoms with van der Waals surface area (Å²) in [6, 6.07) is 16.9. The average molecular weight is 353 g/mol. The maximum absolute atomic E-state index is 12.3. The minimum absolute atomic E-state index is 0.192. The van der Waals surface area contributed by atoms with Crippen LogP contribution in [0, 0.1) is 5.92 Å². The Morgan fingerprint density at radius 2 is 1.77 bits per heavy atom. The molecule has 0 spiro atoms. The van der Waals surface area contributed by atoms with E-state index in [-0.39, 0.29) is 18.5 Å². The monoisotopic (exact) mass is 353 g/mol. The number of ether oxygens (including phenoxy) is 2. The van der Waals surface area contributed by atoms with Crippen molar-refractivity contribution in [2.75, 3.05) is 0 Å². The molecule has 0 unspecified atom stereocenters. The number of nitrogens with one attached hydrogen (secondary N) is 1. The first-order valence-electron chi connectivity index (χ1n) is 8.80. The number of rotatable bonds is 5. The topological polar surface area (TPSA) is 64.6 Å². The van der Waals surface area contributed by atoms with E-state index in [9.17, 15) is 9.59 Å². The molecule has 0 bridgehead atoms. The fraction of sp³-hybridized carbons (Fsp3) is 0.333. The van der Waals surface area contributed by atoms with Gasteiger partial charge in [0.15, 0.2) is 0 Å². The molecule has 26 heavy (non-hydrogen) atoms. The van der Waals surface area contributed by atoms with Crippen LogP contribution in [0.25, 0.3) is 0 Å². The maximum Gasteiger partial charge on any atom is 0.408 e. The molecule has 2 aromatic rings. The van der Waals surface area contributed by atoms with Crippen LogP contribution >= 0.6 is 0 Å². The third kappa shape index (κ3) is 4.23. The highest BCUT2D eigenvalue weighted by molar-refractivity contribution is 5.72. The van der Waals surface area contributed by atoms with Gasteiger partial charge in [-0.05, 0) is 16.7 Å². The first-order valence-corrected chi connectivity index (χ1v) is 8.80. The summed E-state index contributed by atoms with van der Waals surface area (Å²) >= 11 is 0. The Hall–Kier alpha value is -2.82. The number of hydrogen-bond donors (Lipinski definition) is 1. The zero-order valence-electron chi connectivity index (χ0n) is 15.0. The SMILES string of the molecule is CC(C)C(=O)O[C@H]1Cc2ccccc2[C@H]1NC(=O)OCc1ccccc1. The third-order valence-electron chi connectivity index (χ3n) is 4.41. The summed E-state index contributed by atoms with van der Waals surface area (Å²) < 4.78 is 10.9. The maximum atomic E-state index is 12.3. The number of fused-ring (bicyclic) bond motifs is 1. The second-order valence-corrected chi connectivity index (χ2v) is 6.72. The van der Waals surface area contributed by atoms with Crippen molar-refractivity contribution in [1.82, 2.24) is 5.32 Å². The van der Waals surface area contributed by atoms with E-state index in [0.29, 0.717) is 6.42 Å². The van der Waals surface area contributed by atoms with E-state index in [4.69, 9.17) is 9.47 Å². The van der Waals surface area contributed by atoms with Crippen LogP contribution in [0.4, 0.5) is 4.79 Å². The predicted octanol–water partition coefficient (Wildman–Crippen LogP) is 3.78. The zero-order chi connectivity index (χ0) is 18.5. The van der Waals surface area contributed by atoms with Crippen LogP contribution in [0.1, 0.15) is 36.6 Å². The van der Waals surface area contributed by atoms with E-state index in [1.165, 1.54) is 0 Å². The minimum Gasteiger partial charge on any atom is -0.459 e. The lowest BCUT2D eigenvalue weighted by Gasteiger charge is -2.22. The van der Waals surface area contributed by atoms with Gasteiger partial charge >= 0.3 is 12.1 Å². The molecular weight excluding hydrogens is 330 g/mol. The highest BCUT2D eigenvalue weighted by atomic mass is 16.6. The summed E-state index contributed by atoms with van der Waals surface area (Å²) in [4.78, 5) is 24.3. The van der Waals surface area contributed by atoms with Gasteiger partial charge in [-0.2, -0.15) is 0 Å². The van der Waals surface area contributed by atoms with Crippen molar-refractivity contribution < 1.29 is 19.1 Å². The van der Waals surface area contributed by atoms with Crippen LogP contribution in [0.3, 0.4) is 0 Å². The molecule has 1 amide bonds. The molecular formula is C21H23NO4. The normalized spacial score (nSPS) is 18.3. The summed E-state index contributed by atoms with van der Waals surface area (Å²) in [6.45, 7) is 3.78. The third-order valence-corrected chi connectivity index (χ3v) is 4.41. The number of carbonyl (C=O) groups is 2. The lowest BCUT2D eigenvalue weighted by atomic mass is 10.1. The van der Waals surface area contributed by atoms with E-state index in [0.717, 1.165) is 16.7 Å². The molecule has 1 N–H and O–H groups in total. The first-order chi connectivity index (χ1) is 12.5. The molecule has 2 atom stereocenters. The average Bonchev–Trinajstić information content (AvgIpc) is 2.98. The molecule has 3 rings (SSSR count). The highest BCUT2D eigenvalue weighted by Gasteiger charge is 2.36. The molecule has 0 fully saturated rings.